The number of imide groups is 2. The molecule has 314 valence electrons. The van der Waals surface area contributed by atoms with E-state index in [2.05, 4.69) is 13.8 Å². The number of amides is 6. The molecule has 14 radical (unpaired) electrons. The van der Waals surface area contributed by atoms with Gasteiger partial charge in [-0.05, 0) is 12.8 Å². The first-order valence-corrected chi connectivity index (χ1v) is 14.4. The Bertz CT molecular complexity index is 1420. The van der Waals surface area contributed by atoms with E-state index in [9.17, 15) is 57.5 Å². The van der Waals surface area contributed by atoms with Crippen LogP contribution >= 0.6 is 0 Å². The smallest absolute Gasteiger partial charge is 0.328 e. The van der Waals surface area contributed by atoms with Gasteiger partial charge >= 0.3 is 11.9 Å². The number of aliphatic carboxylic acids is 2. The summed E-state index contributed by atoms with van der Waals surface area (Å²) in [4.78, 5) is 139. The first kappa shape index (κ1) is 117. The van der Waals surface area contributed by atoms with Crippen molar-refractivity contribution in [3.05, 3.63) is 62.5 Å². The number of Topliss-reactive ketones (excluding diaryl/α,β-unsaturated/α-hetero) is 2. The number of carboxylic acid groups (broad SMARTS) is 2. The Morgan fingerprint density at radius 3 is 0.969 bits per heavy atom. The summed E-state index contributed by atoms with van der Waals surface area (Å²) >= 11 is 0. The molecule has 2 aliphatic rings. The molecule has 64 heavy (non-hydrogen) atoms. The van der Waals surface area contributed by atoms with Gasteiger partial charge in [-0.15, -0.1) is 0 Å². The third kappa shape index (κ3) is 42.2. The summed E-state index contributed by atoms with van der Waals surface area (Å²) in [5.41, 5.74) is -5.26. The summed E-state index contributed by atoms with van der Waals surface area (Å²) in [5, 5.41) is 20.6. The molecule has 6 amide bonds. The molecule has 4 N–H and O–H groups in total. The van der Waals surface area contributed by atoms with Crippen LogP contribution in [0.2, 0.25) is 0 Å². The van der Waals surface area contributed by atoms with E-state index in [1.807, 2.05) is 10.6 Å². The van der Waals surface area contributed by atoms with Crippen LogP contribution in [0.3, 0.4) is 0 Å². The minimum Gasteiger partial charge on any atom is -0.537 e. The molecular weight excluding hydrogens is 1910 g/mol. The fourth-order valence-corrected chi connectivity index (χ4v) is 3.78. The monoisotopic (exact) mass is 1940 g/mol. The standard InChI is InChI=1S/C14H15N2O8.C14H11N2O6.2C2H5.14Y/c1-2-3-9(18)14(8-17,15-10(19)4-6-12(21)22)16-11(20)5-7-13(23)24;1-2-3-9(18)14(8-17,15-10(19)4-5-11(15)20)16-12(21)6-7-13(16)22;2*1-2;;;;;;;;;;;;;;/h4-7H,2-3H2,1H3,(H,15,19)(H,16,20)(H,21,22)(H,23,24);4-7H,2-3H2,1H3;2*1H2,2H3;;;;;;;;;;;;;;/q4*-1;;;;;;;;;;;;;;/b6-4-,7-5-;;;;;;;;;;;;;;;;;. The molecule has 2 rings (SSSR count). The molecule has 0 saturated heterocycles. The third-order valence-electron chi connectivity index (χ3n) is 5.70. The SMILES string of the molecule is CCCC(=O)C([C-]=O)(N1C(=O)C=CC1=O)N1C(=O)C=CC1=O.CCCC(=O)C([C-]=O)(NC(=O)/C=C\C(=O)O)NC(=O)/C=C\C(=O)O.[CH2-]C.[CH2-]C.[Y].[Y].[Y].[Y].[Y].[Y].[Y].[Y].[Y].[Y].[Y].[Y].[Y].[Y]. The van der Waals surface area contributed by atoms with Gasteiger partial charge in [0.2, 0.25) is 11.8 Å². The summed E-state index contributed by atoms with van der Waals surface area (Å²) in [7, 11) is 0. The van der Waals surface area contributed by atoms with Crippen molar-refractivity contribution >= 4 is 71.5 Å². The van der Waals surface area contributed by atoms with Crippen LogP contribution in [0.4, 0.5) is 0 Å². The maximum atomic E-state index is 12.4. The number of rotatable bonds is 16. The van der Waals surface area contributed by atoms with E-state index in [1.54, 1.807) is 27.7 Å². The van der Waals surface area contributed by atoms with Crippen LogP contribution in [-0.2, 0) is 515 Å². The zero-order valence-electron chi connectivity index (χ0n) is 35.6. The number of hydrogen-bond acceptors (Lipinski definition) is 12. The fraction of sp³-hybridized carbons (Fsp3) is 0.312. The summed E-state index contributed by atoms with van der Waals surface area (Å²) in [6.07, 6.45) is 8.05. The Kier molecular flexibility index (Phi) is 125. The van der Waals surface area contributed by atoms with Gasteiger partial charge in [0.05, 0.1) is 11.3 Å². The van der Waals surface area contributed by atoms with Gasteiger partial charge in [-0.25, -0.2) is 22.2 Å². The van der Waals surface area contributed by atoms with E-state index in [4.69, 9.17) is 10.2 Å². The maximum Gasteiger partial charge on any atom is 0.328 e. The van der Waals surface area contributed by atoms with Gasteiger partial charge in [0, 0.05) is 519 Å². The fourth-order valence-electron chi connectivity index (χ4n) is 3.78. The normalized spacial score (nSPS) is 10.5. The average molecular weight is 1950 g/mol. The van der Waals surface area contributed by atoms with Gasteiger partial charge in [-0.2, -0.15) is 13.8 Å². The predicted octanol–water partition coefficient (Wildman–Crippen LogP) is -0.667. The van der Waals surface area contributed by atoms with Crippen LogP contribution in [0, 0.1) is 13.8 Å². The summed E-state index contributed by atoms with van der Waals surface area (Å²) < 4.78 is 0. The van der Waals surface area contributed by atoms with Crippen LogP contribution < -0.4 is 10.6 Å². The van der Waals surface area contributed by atoms with E-state index in [0.717, 1.165) is 24.3 Å². The Hall–Kier alpha value is 9.25. The Balaban J connectivity index is -0.0000000396. The molecule has 0 saturated carbocycles. The number of carbonyl (C=O) groups excluding carboxylic acids is 10. The van der Waals surface area contributed by atoms with Gasteiger partial charge < -0.3 is 44.3 Å². The van der Waals surface area contributed by atoms with Gasteiger partial charge in [-0.1, -0.05) is 13.8 Å². The van der Waals surface area contributed by atoms with Crippen molar-refractivity contribution in [1.29, 1.82) is 0 Å². The first-order valence-electron chi connectivity index (χ1n) is 14.4. The molecule has 2 aliphatic heterocycles. The quantitative estimate of drug-likeness (QED) is 0.0491. The van der Waals surface area contributed by atoms with Crippen molar-refractivity contribution in [2.75, 3.05) is 0 Å². The van der Waals surface area contributed by atoms with Gasteiger partial charge in [0.15, 0.2) is 5.78 Å². The van der Waals surface area contributed by atoms with E-state index in [0.29, 0.717) is 34.1 Å². The number of carbonyl (C=O) groups is 10. The zero-order valence-corrected chi connectivity index (χ0v) is 75.4. The number of ketones is 2. The third-order valence-corrected chi connectivity index (χ3v) is 5.70. The first-order chi connectivity index (χ1) is 23.6. The Morgan fingerprint density at radius 1 is 0.516 bits per heavy atom. The van der Waals surface area contributed by atoms with Crippen LogP contribution in [0.15, 0.2) is 48.6 Å². The van der Waals surface area contributed by atoms with E-state index < -0.39 is 70.3 Å². The zero-order chi connectivity index (χ0) is 39.2. The predicted molar refractivity (Wildman–Crippen MR) is 171 cm³/mol. The maximum absolute atomic E-state index is 12.4. The molecule has 2 heterocycles. The van der Waals surface area contributed by atoms with E-state index in [-0.39, 0.29) is 484 Å². The second kappa shape index (κ2) is 68.4. The van der Waals surface area contributed by atoms with E-state index in [1.165, 1.54) is 12.6 Å². The minimum atomic E-state index is -2.70. The molecule has 0 unspecified atom stereocenters. The van der Waals surface area contributed by atoms with Crippen molar-refractivity contribution in [3.8, 4) is 0 Å². The molecule has 0 bridgehead atoms. The van der Waals surface area contributed by atoms with Gasteiger partial charge in [0.25, 0.3) is 23.6 Å². The number of carboxylic acids is 2. The molecule has 0 fully saturated rings. The molecule has 0 aromatic carbocycles. The second-order valence-electron chi connectivity index (χ2n) is 8.98. The van der Waals surface area contributed by atoms with Gasteiger partial charge in [-0.3, -0.25) is 48.2 Å². The summed E-state index contributed by atoms with van der Waals surface area (Å²) in [5.74, 6) is -10.9. The summed E-state index contributed by atoms with van der Waals surface area (Å²) in [6, 6.07) is 0. The molecule has 18 nitrogen and oxygen atoms in total. The Morgan fingerprint density at radius 2 is 0.766 bits per heavy atom. The average Bonchev–Trinajstić information content (AvgIpc) is 3.61. The summed E-state index contributed by atoms with van der Waals surface area (Å²) in [6.45, 7) is 13.2. The molecule has 32 heteroatoms. The molecular formula is C32H36N4O14Y14-4. The van der Waals surface area contributed by atoms with Crippen molar-refractivity contribution in [2.24, 2.45) is 0 Å². The van der Waals surface area contributed by atoms with Crippen molar-refractivity contribution in [2.45, 2.75) is 64.7 Å². The van der Waals surface area contributed by atoms with Crippen molar-refractivity contribution in [1.82, 2.24) is 20.4 Å². The molecule has 0 aromatic rings. The van der Waals surface area contributed by atoms with Crippen molar-refractivity contribution < 1.29 is 526 Å². The van der Waals surface area contributed by atoms with Crippen LogP contribution in [0.25, 0.3) is 0 Å². The molecule has 0 spiro atoms. The van der Waals surface area contributed by atoms with Crippen LogP contribution in [-0.4, -0.2) is 103 Å². The Labute approximate surface area is 726 Å². The second-order valence-corrected chi connectivity index (χ2v) is 8.98. The van der Waals surface area contributed by atoms with Crippen LogP contribution in [0.5, 0.6) is 0 Å². The van der Waals surface area contributed by atoms with E-state index >= 15 is 0 Å². The number of hydrogen-bond donors (Lipinski definition) is 4. The molecule has 0 aliphatic carbocycles. The molecule has 0 atom stereocenters. The number of nitrogens with one attached hydrogen (secondary N) is 2. The largest absolute Gasteiger partial charge is 0.537 e. The van der Waals surface area contributed by atoms with Crippen LogP contribution in [0.1, 0.15) is 53.4 Å². The minimum absolute atomic E-state index is 0. The molecule has 0 aromatic heterocycles. The number of nitrogens with zero attached hydrogens (tertiary/aromatic N) is 2. The van der Waals surface area contributed by atoms with Gasteiger partial charge in [0.1, 0.15) is 5.78 Å². The topological polar surface area (TPSA) is 276 Å². The van der Waals surface area contributed by atoms with Crippen molar-refractivity contribution in [3.63, 3.8) is 0 Å².